The van der Waals surface area contributed by atoms with E-state index >= 15 is 0 Å². The van der Waals surface area contributed by atoms with Gasteiger partial charge in [-0.25, -0.2) is 4.39 Å². The topological polar surface area (TPSA) is 67.8 Å². The molecule has 0 saturated carbocycles. The molecule has 0 fully saturated rings. The predicted molar refractivity (Wildman–Crippen MR) is 110 cm³/mol. The predicted octanol–water partition coefficient (Wildman–Crippen LogP) is 5.03. The molecule has 0 aliphatic heterocycles. The largest absolute Gasteiger partial charge is 0.493 e. The molecule has 0 aliphatic rings. The van der Waals surface area contributed by atoms with Crippen LogP contribution in [-0.4, -0.2) is 24.2 Å². The molecule has 5 nitrogen and oxygen atoms in total. The van der Waals surface area contributed by atoms with Gasteiger partial charge in [0.1, 0.15) is 18.5 Å². The van der Waals surface area contributed by atoms with Crippen molar-refractivity contribution in [1.82, 2.24) is 5.32 Å². The van der Waals surface area contributed by atoms with E-state index in [1.807, 2.05) is 13.8 Å². The number of rotatable bonds is 9. The third-order valence-electron chi connectivity index (χ3n) is 4.21. The monoisotopic (exact) mass is 473 g/mol. The van der Waals surface area contributed by atoms with Crippen LogP contribution < -0.4 is 14.8 Å². The normalized spacial score (nSPS) is 12.1. The summed E-state index contributed by atoms with van der Waals surface area (Å²) in [6, 6.07) is 6.92. The van der Waals surface area contributed by atoms with E-state index in [1.165, 1.54) is 19.2 Å². The summed E-state index contributed by atoms with van der Waals surface area (Å²) in [7, 11) is 1.52. The van der Waals surface area contributed by atoms with Gasteiger partial charge in [0.2, 0.25) is 0 Å². The molecule has 0 bridgehead atoms. The number of aliphatic carboxylic acids is 1. The molecule has 0 spiro atoms. The fourth-order valence-corrected chi connectivity index (χ4v) is 3.35. The highest BCUT2D eigenvalue weighted by molar-refractivity contribution is 9.10. The average Bonchev–Trinajstić information content (AvgIpc) is 2.62. The molecular formula is C20H22BrClFNO4. The van der Waals surface area contributed by atoms with Crippen LogP contribution in [0.1, 0.15) is 25.0 Å². The standard InChI is InChI=1S/C20H22BrClFNO4/c1-11(2)18(20(25)26)24-9-14-15(21)6-7-17(27-3)19(14)28-10-12-4-5-13(23)8-16(12)22/h4-8,11,18,24H,9-10H2,1-3H3,(H,25,26). The summed E-state index contributed by atoms with van der Waals surface area (Å²) in [5.41, 5.74) is 1.33. The van der Waals surface area contributed by atoms with Crippen LogP contribution in [0.25, 0.3) is 0 Å². The summed E-state index contributed by atoms with van der Waals surface area (Å²) in [6.45, 7) is 4.02. The number of carboxylic acids is 1. The van der Waals surface area contributed by atoms with Crippen LogP contribution in [0.2, 0.25) is 5.02 Å². The molecular weight excluding hydrogens is 453 g/mol. The Morgan fingerprint density at radius 1 is 1.32 bits per heavy atom. The van der Waals surface area contributed by atoms with Crippen LogP contribution >= 0.6 is 27.5 Å². The summed E-state index contributed by atoms with van der Waals surface area (Å²) in [5.74, 6) is -0.488. The van der Waals surface area contributed by atoms with Gasteiger partial charge >= 0.3 is 5.97 Å². The van der Waals surface area contributed by atoms with Crippen molar-refractivity contribution in [3.8, 4) is 11.5 Å². The van der Waals surface area contributed by atoms with Gasteiger partial charge in [0.15, 0.2) is 11.5 Å². The van der Waals surface area contributed by atoms with Crippen molar-refractivity contribution < 1.29 is 23.8 Å². The SMILES string of the molecule is COc1ccc(Br)c(CNC(C(=O)O)C(C)C)c1OCc1ccc(F)cc1Cl. The Bertz CT molecular complexity index is 847. The van der Waals surface area contributed by atoms with E-state index in [9.17, 15) is 14.3 Å². The van der Waals surface area contributed by atoms with E-state index < -0.39 is 17.8 Å². The van der Waals surface area contributed by atoms with Gasteiger partial charge in [-0.2, -0.15) is 0 Å². The van der Waals surface area contributed by atoms with Crippen molar-refractivity contribution in [2.75, 3.05) is 7.11 Å². The third kappa shape index (κ3) is 5.59. The Kier molecular flexibility index (Phi) is 8.10. The van der Waals surface area contributed by atoms with Gasteiger partial charge in [0.05, 0.1) is 12.1 Å². The van der Waals surface area contributed by atoms with Gasteiger partial charge in [-0.05, 0) is 30.2 Å². The number of ether oxygens (including phenoxy) is 2. The van der Waals surface area contributed by atoms with Crippen LogP contribution in [0.15, 0.2) is 34.8 Å². The molecule has 152 valence electrons. The maximum absolute atomic E-state index is 13.2. The maximum Gasteiger partial charge on any atom is 0.320 e. The molecule has 2 N–H and O–H groups in total. The molecule has 2 aromatic carbocycles. The first-order valence-electron chi connectivity index (χ1n) is 8.62. The lowest BCUT2D eigenvalue weighted by atomic mass is 10.0. The average molecular weight is 475 g/mol. The number of benzene rings is 2. The number of carbonyl (C=O) groups is 1. The van der Waals surface area contributed by atoms with E-state index in [4.69, 9.17) is 21.1 Å². The van der Waals surface area contributed by atoms with Gasteiger partial charge in [-0.15, -0.1) is 0 Å². The first-order chi connectivity index (χ1) is 13.2. The Labute approximate surface area is 176 Å². The number of methoxy groups -OCH3 is 1. The molecule has 0 saturated heterocycles. The number of hydrogen-bond acceptors (Lipinski definition) is 4. The molecule has 2 aromatic rings. The van der Waals surface area contributed by atoms with Crippen molar-refractivity contribution in [2.24, 2.45) is 5.92 Å². The Balaban J connectivity index is 2.28. The molecule has 0 amide bonds. The van der Waals surface area contributed by atoms with Crippen LogP contribution in [0, 0.1) is 11.7 Å². The summed E-state index contributed by atoms with van der Waals surface area (Å²) < 4.78 is 25.3. The summed E-state index contributed by atoms with van der Waals surface area (Å²) in [4.78, 5) is 11.5. The lowest BCUT2D eigenvalue weighted by Gasteiger charge is -2.21. The van der Waals surface area contributed by atoms with Gasteiger partial charge < -0.3 is 14.6 Å². The van der Waals surface area contributed by atoms with Crippen molar-refractivity contribution in [3.63, 3.8) is 0 Å². The Hall–Kier alpha value is -1.83. The van der Waals surface area contributed by atoms with Crippen LogP contribution in [-0.2, 0) is 17.9 Å². The number of halogens is 3. The molecule has 1 unspecified atom stereocenters. The van der Waals surface area contributed by atoms with Gasteiger partial charge in [-0.3, -0.25) is 10.1 Å². The van der Waals surface area contributed by atoms with E-state index in [0.29, 0.717) is 22.6 Å². The molecule has 2 rings (SSSR count). The van der Waals surface area contributed by atoms with Crippen molar-refractivity contribution in [2.45, 2.75) is 33.0 Å². The molecule has 8 heteroatoms. The molecule has 0 radical (unpaired) electrons. The van der Waals surface area contributed by atoms with E-state index in [-0.39, 0.29) is 24.1 Å². The number of nitrogens with one attached hydrogen (secondary N) is 1. The number of carboxylic acid groups (broad SMARTS) is 1. The van der Waals surface area contributed by atoms with Crippen LogP contribution in [0.5, 0.6) is 11.5 Å². The fourth-order valence-electron chi connectivity index (χ4n) is 2.67. The maximum atomic E-state index is 13.2. The van der Waals surface area contributed by atoms with E-state index in [2.05, 4.69) is 21.2 Å². The highest BCUT2D eigenvalue weighted by Gasteiger charge is 2.23. The highest BCUT2D eigenvalue weighted by Crippen LogP contribution is 2.37. The van der Waals surface area contributed by atoms with E-state index in [1.54, 1.807) is 18.2 Å². The lowest BCUT2D eigenvalue weighted by molar-refractivity contribution is -0.140. The van der Waals surface area contributed by atoms with Gasteiger partial charge in [0.25, 0.3) is 0 Å². The minimum Gasteiger partial charge on any atom is -0.493 e. The summed E-state index contributed by atoms with van der Waals surface area (Å²) >= 11 is 9.56. The van der Waals surface area contributed by atoms with Crippen LogP contribution in [0.4, 0.5) is 4.39 Å². The molecule has 28 heavy (non-hydrogen) atoms. The second-order valence-corrected chi connectivity index (χ2v) is 7.78. The van der Waals surface area contributed by atoms with Gasteiger partial charge in [0, 0.05) is 22.1 Å². The minimum absolute atomic E-state index is 0.0933. The second-order valence-electron chi connectivity index (χ2n) is 6.52. The summed E-state index contributed by atoms with van der Waals surface area (Å²) in [5, 5.41) is 12.7. The Morgan fingerprint density at radius 2 is 2.04 bits per heavy atom. The quantitative estimate of drug-likeness (QED) is 0.534. The van der Waals surface area contributed by atoms with Crippen molar-refractivity contribution >= 4 is 33.5 Å². The molecule has 0 aromatic heterocycles. The first-order valence-corrected chi connectivity index (χ1v) is 9.80. The summed E-state index contributed by atoms with van der Waals surface area (Å²) in [6.07, 6.45) is 0. The molecule has 0 heterocycles. The molecule has 1 atom stereocenters. The first kappa shape index (κ1) is 22.5. The molecule has 0 aliphatic carbocycles. The smallest absolute Gasteiger partial charge is 0.320 e. The van der Waals surface area contributed by atoms with Crippen molar-refractivity contribution in [1.29, 1.82) is 0 Å². The second kappa shape index (κ2) is 10.1. The lowest BCUT2D eigenvalue weighted by Crippen LogP contribution is -2.40. The van der Waals surface area contributed by atoms with E-state index in [0.717, 1.165) is 4.47 Å². The fraction of sp³-hybridized carbons (Fsp3) is 0.350. The van der Waals surface area contributed by atoms with Crippen molar-refractivity contribution in [3.05, 3.63) is 56.8 Å². The van der Waals surface area contributed by atoms with Crippen LogP contribution in [0.3, 0.4) is 0 Å². The van der Waals surface area contributed by atoms with Gasteiger partial charge in [-0.1, -0.05) is 47.4 Å². The Morgan fingerprint density at radius 3 is 2.61 bits per heavy atom. The third-order valence-corrected chi connectivity index (χ3v) is 5.30. The zero-order valence-corrected chi connectivity index (χ0v) is 18.1. The minimum atomic E-state index is -0.922. The number of hydrogen-bond donors (Lipinski definition) is 2. The highest BCUT2D eigenvalue weighted by atomic mass is 79.9. The zero-order chi connectivity index (χ0) is 20.8. The zero-order valence-electron chi connectivity index (χ0n) is 15.8.